The fourth-order valence-electron chi connectivity index (χ4n) is 9.62. The number of aliphatic imine (C=N–C) groups is 2. The highest BCUT2D eigenvalue weighted by molar-refractivity contribution is 7.26. The van der Waals surface area contributed by atoms with Crippen LogP contribution in [0.5, 0.6) is 0 Å². The Hall–Kier alpha value is -7.14. The number of para-hydroxylation sites is 1. The number of benzene rings is 8. The van der Waals surface area contributed by atoms with Gasteiger partial charge in [-0.1, -0.05) is 164 Å². The van der Waals surface area contributed by atoms with E-state index in [0.29, 0.717) is 12.3 Å². The van der Waals surface area contributed by atoms with Gasteiger partial charge < -0.3 is 4.42 Å². The summed E-state index contributed by atoms with van der Waals surface area (Å²) in [6.07, 6.45) is 1.59. The highest BCUT2D eigenvalue weighted by Gasteiger charge is 2.30. The van der Waals surface area contributed by atoms with Gasteiger partial charge in [0.2, 0.25) is 0 Å². The Kier molecular flexibility index (Phi) is 8.14. The van der Waals surface area contributed by atoms with Gasteiger partial charge in [-0.2, -0.15) is 0 Å². The Labute approximate surface area is 352 Å². The molecule has 3 heterocycles. The van der Waals surface area contributed by atoms with E-state index in [-0.39, 0.29) is 12.0 Å². The number of nitrogens with zero attached hydrogens (tertiary/aromatic N) is 2. The maximum atomic E-state index is 6.91. The average molecular weight is 787 g/mol. The molecule has 12 rings (SSSR count). The first-order valence-electron chi connectivity index (χ1n) is 20.7. The monoisotopic (exact) mass is 786 g/mol. The van der Waals surface area contributed by atoms with Gasteiger partial charge in [0.1, 0.15) is 11.2 Å². The van der Waals surface area contributed by atoms with E-state index in [1.54, 1.807) is 0 Å². The minimum atomic E-state index is -0.212. The SMILES string of the molecule is C=C1CC(c2ccccc2)=NC(c2ccc3c(c2)oc2c(-c4ccc5c(c4)-c4ccc6c(sc7ccccc76)c4C(c4ccccc4)C5)cccc23)=NC1c1ccccc1. The Morgan fingerprint density at radius 2 is 1.27 bits per heavy atom. The van der Waals surface area contributed by atoms with Gasteiger partial charge in [-0.3, -0.25) is 4.99 Å². The van der Waals surface area contributed by atoms with E-state index in [2.05, 4.69) is 176 Å². The predicted octanol–water partition coefficient (Wildman–Crippen LogP) is 14.9. The van der Waals surface area contributed by atoms with E-state index in [1.165, 1.54) is 48.0 Å². The van der Waals surface area contributed by atoms with Crippen molar-refractivity contribution in [3.8, 4) is 22.3 Å². The summed E-state index contributed by atoms with van der Waals surface area (Å²) in [4.78, 5) is 10.6. The second-order valence-electron chi connectivity index (χ2n) is 16.1. The Balaban J connectivity index is 0.987. The number of amidine groups is 1. The molecule has 3 nitrogen and oxygen atoms in total. The lowest BCUT2D eigenvalue weighted by Gasteiger charge is -2.29. The molecule has 2 aromatic heterocycles. The molecule has 0 fully saturated rings. The molecule has 0 bridgehead atoms. The summed E-state index contributed by atoms with van der Waals surface area (Å²) in [5.41, 5.74) is 15.8. The van der Waals surface area contributed by atoms with Crippen molar-refractivity contribution in [3.05, 3.63) is 228 Å². The summed E-state index contributed by atoms with van der Waals surface area (Å²) in [6, 6.07) is 65.2. The normalized spacial score (nSPS) is 16.4. The first kappa shape index (κ1) is 34.9. The third kappa shape index (κ3) is 5.71. The highest BCUT2D eigenvalue weighted by atomic mass is 32.1. The van der Waals surface area contributed by atoms with Crippen molar-refractivity contribution in [2.45, 2.75) is 24.8 Å². The van der Waals surface area contributed by atoms with Crippen LogP contribution >= 0.6 is 11.3 Å². The van der Waals surface area contributed by atoms with E-state index < -0.39 is 0 Å². The van der Waals surface area contributed by atoms with Crippen molar-refractivity contribution in [3.63, 3.8) is 0 Å². The van der Waals surface area contributed by atoms with Gasteiger partial charge >= 0.3 is 0 Å². The molecule has 0 N–H and O–H groups in total. The molecule has 0 saturated heterocycles. The van der Waals surface area contributed by atoms with Crippen LogP contribution in [0.2, 0.25) is 0 Å². The fraction of sp³-hybridized carbons (Fsp3) is 0.0714. The Bertz CT molecular complexity index is 3390. The van der Waals surface area contributed by atoms with Crippen LogP contribution in [0.1, 0.15) is 51.8 Å². The van der Waals surface area contributed by atoms with Gasteiger partial charge in [-0.25, -0.2) is 4.99 Å². The molecular weight excluding hydrogens is 749 g/mol. The average Bonchev–Trinajstić information content (AvgIpc) is 3.83. The van der Waals surface area contributed by atoms with Crippen molar-refractivity contribution >= 4 is 65.0 Å². The molecule has 2 atom stereocenters. The number of hydrogen-bond acceptors (Lipinski definition) is 4. The summed E-state index contributed by atoms with van der Waals surface area (Å²) < 4.78 is 9.64. The third-order valence-corrected chi connectivity index (χ3v) is 13.7. The molecule has 2 aliphatic rings. The molecule has 4 heteroatoms. The van der Waals surface area contributed by atoms with Crippen LogP contribution in [0.3, 0.4) is 0 Å². The van der Waals surface area contributed by atoms with Crippen molar-refractivity contribution in [1.82, 2.24) is 0 Å². The quantitative estimate of drug-likeness (QED) is 0.160. The number of fused-ring (bicyclic) bond motifs is 10. The van der Waals surface area contributed by atoms with E-state index in [1.807, 2.05) is 23.5 Å². The molecule has 60 heavy (non-hydrogen) atoms. The van der Waals surface area contributed by atoms with Crippen molar-refractivity contribution in [2.24, 2.45) is 9.98 Å². The molecule has 284 valence electrons. The molecule has 0 amide bonds. The van der Waals surface area contributed by atoms with Crippen LogP contribution in [-0.2, 0) is 6.42 Å². The third-order valence-electron chi connectivity index (χ3n) is 12.5. The zero-order valence-corrected chi connectivity index (χ0v) is 33.6. The smallest absolute Gasteiger partial charge is 0.155 e. The minimum absolute atomic E-state index is 0.212. The first-order valence-corrected chi connectivity index (χ1v) is 21.5. The van der Waals surface area contributed by atoms with Crippen LogP contribution in [0.4, 0.5) is 0 Å². The zero-order chi connectivity index (χ0) is 39.7. The molecule has 1 aliphatic heterocycles. The van der Waals surface area contributed by atoms with E-state index in [4.69, 9.17) is 14.4 Å². The predicted molar refractivity (Wildman–Crippen MR) is 252 cm³/mol. The van der Waals surface area contributed by atoms with Crippen LogP contribution in [0, 0.1) is 0 Å². The molecule has 0 saturated carbocycles. The summed E-state index contributed by atoms with van der Waals surface area (Å²) >= 11 is 1.93. The van der Waals surface area contributed by atoms with E-state index >= 15 is 0 Å². The van der Waals surface area contributed by atoms with Gasteiger partial charge in [0.05, 0.1) is 11.8 Å². The van der Waals surface area contributed by atoms with Gasteiger partial charge in [0.25, 0.3) is 0 Å². The van der Waals surface area contributed by atoms with E-state index in [9.17, 15) is 0 Å². The van der Waals surface area contributed by atoms with Crippen molar-refractivity contribution in [2.75, 3.05) is 0 Å². The van der Waals surface area contributed by atoms with Crippen LogP contribution in [-0.4, -0.2) is 11.5 Å². The van der Waals surface area contributed by atoms with Crippen molar-refractivity contribution in [1.29, 1.82) is 0 Å². The zero-order valence-electron chi connectivity index (χ0n) is 32.8. The van der Waals surface area contributed by atoms with Gasteiger partial charge in [0.15, 0.2) is 5.84 Å². The summed E-state index contributed by atoms with van der Waals surface area (Å²) in [6.45, 7) is 4.53. The number of hydrogen-bond donors (Lipinski definition) is 0. The van der Waals surface area contributed by atoms with Crippen molar-refractivity contribution < 1.29 is 4.42 Å². The Morgan fingerprint density at radius 1 is 0.550 bits per heavy atom. The number of rotatable bonds is 5. The molecule has 10 aromatic rings. The lowest BCUT2D eigenvalue weighted by atomic mass is 9.74. The standard InChI is InChI=1S/C56H38N2OS/c1-34-30-49(36-16-7-3-8-17-36)57-56(58-53(34)37-18-9-4-10-19-37)40-26-27-42-45-22-13-21-41(54(45)59-50(42)33-40)38-24-25-39-32-48(35-14-5-2-6-15-35)52-44(47(39)31-38)28-29-46-43-20-11-12-23-51(43)60-55(46)52/h2-29,31,33,48,53H,1,30,32H2. The number of thiophene rings is 1. The highest BCUT2D eigenvalue weighted by Crippen LogP contribution is 2.50. The maximum absolute atomic E-state index is 6.91. The van der Waals surface area contributed by atoms with Crippen LogP contribution in [0.25, 0.3) is 64.4 Å². The second kappa shape index (κ2) is 14.0. The fourth-order valence-corrected chi connectivity index (χ4v) is 10.9. The molecular formula is C56H38N2OS. The van der Waals surface area contributed by atoms with Crippen LogP contribution < -0.4 is 0 Å². The number of furan rings is 1. The second-order valence-corrected chi connectivity index (χ2v) is 17.1. The van der Waals surface area contributed by atoms with Crippen LogP contribution in [0.15, 0.2) is 209 Å². The topological polar surface area (TPSA) is 37.9 Å². The molecule has 2 unspecified atom stereocenters. The largest absolute Gasteiger partial charge is 0.455 e. The maximum Gasteiger partial charge on any atom is 0.155 e. The summed E-state index contributed by atoms with van der Waals surface area (Å²) in [7, 11) is 0. The molecule has 1 aliphatic carbocycles. The van der Waals surface area contributed by atoms with Gasteiger partial charge in [-0.05, 0) is 80.8 Å². The minimum Gasteiger partial charge on any atom is -0.455 e. The molecule has 8 aromatic carbocycles. The van der Waals surface area contributed by atoms with Gasteiger partial charge in [-0.15, -0.1) is 11.3 Å². The summed E-state index contributed by atoms with van der Waals surface area (Å²) in [5, 5.41) is 4.85. The lowest BCUT2D eigenvalue weighted by molar-refractivity contribution is 0.670. The first-order chi connectivity index (χ1) is 29.6. The Morgan fingerprint density at radius 3 is 2.10 bits per heavy atom. The van der Waals surface area contributed by atoms with Gasteiger partial charge in [0, 0.05) is 54.4 Å². The molecule has 0 spiro atoms. The van der Waals surface area contributed by atoms with E-state index in [0.717, 1.165) is 67.5 Å². The lowest BCUT2D eigenvalue weighted by Crippen LogP contribution is -2.13. The molecule has 0 radical (unpaired) electrons. The summed E-state index contributed by atoms with van der Waals surface area (Å²) in [5.74, 6) is 0.954.